The number of aromatic amines is 1. The monoisotopic (exact) mass is 205 g/mol. The Kier molecular flexibility index (Phi) is 2.43. The van der Waals surface area contributed by atoms with Crippen LogP contribution in [0.2, 0.25) is 0 Å². The average molecular weight is 205 g/mol. The summed E-state index contributed by atoms with van der Waals surface area (Å²) < 4.78 is 0. The first kappa shape index (κ1) is 9.73. The van der Waals surface area contributed by atoms with Crippen LogP contribution in [-0.4, -0.2) is 21.2 Å². The van der Waals surface area contributed by atoms with E-state index in [0.717, 1.165) is 10.9 Å². The van der Waals surface area contributed by atoms with Crippen LogP contribution in [0.3, 0.4) is 0 Å². The molecule has 15 heavy (non-hydrogen) atoms. The van der Waals surface area contributed by atoms with Gasteiger partial charge in [-0.15, -0.1) is 0 Å². The lowest BCUT2D eigenvalue weighted by Crippen LogP contribution is -2.04. The van der Waals surface area contributed by atoms with E-state index in [9.17, 15) is 9.90 Å². The van der Waals surface area contributed by atoms with Crippen LogP contribution in [0, 0.1) is 0 Å². The van der Waals surface area contributed by atoms with Gasteiger partial charge in [0.1, 0.15) is 0 Å². The highest BCUT2D eigenvalue weighted by Crippen LogP contribution is 2.25. The number of benzene rings is 1. The first-order valence-corrected chi connectivity index (χ1v) is 4.64. The number of H-pyrrole nitrogens is 1. The molecule has 2 rings (SSSR count). The van der Waals surface area contributed by atoms with Gasteiger partial charge in [0.2, 0.25) is 0 Å². The molecule has 3 N–H and O–H groups in total. The second kappa shape index (κ2) is 3.74. The van der Waals surface area contributed by atoms with Crippen molar-refractivity contribution in [3.05, 3.63) is 36.0 Å². The highest BCUT2D eigenvalue weighted by molar-refractivity contribution is 5.84. The smallest absolute Gasteiger partial charge is 0.306 e. The lowest BCUT2D eigenvalue weighted by Gasteiger charge is -2.05. The first-order valence-electron chi connectivity index (χ1n) is 4.64. The maximum absolute atomic E-state index is 10.5. The number of aromatic nitrogens is 1. The minimum Gasteiger partial charge on any atom is -0.481 e. The Morgan fingerprint density at radius 3 is 2.87 bits per heavy atom. The number of nitrogens with one attached hydrogen (secondary N) is 1. The predicted molar refractivity (Wildman–Crippen MR) is 55.5 cm³/mol. The molecule has 0 unspecified atom stereocenters. The van der Waals surface area contributed by atoms with Gasteiger partial charge in [0.05, 0.1) is 12.5 Å². The van der Waals surface area contributed by atoms with Gasteiger partial charge >= 0.3 is 5.97 Å². The van der Waals surface area contributed by atoms with Gasteiger partial charge in [-0.1, -0.05) is 18.2 Å². The predicted octanol–water partition coefficient (Wildman–Crippen LogP) is 1.68. The third-order valence-electron chi connectivity index (χ3n) is 2.35. The van der Waals surface area contributed by atoms with E-state index < -0.39 is 12.1 Å². The van der Waals surface area contributed by atoms with E-state index in [1.165, 1.54) is 0 Å². The Bertz CT molecular complexity index is 489. The van der Waals surface area contributed by atoms with Crippen molar-refractivity contribution in [2.45, 2.75) is 12.5 Å². The molecule has 0 fully saturated rings. The zero-order valence-corrected chi connectivity index (χ0v) is 7.97. The van der Waals surface area contributed by atoms with E-state index in [4.69, 9.17) is 5.11 Å². The molecule has 1 heterocycles. The molecule has 0 amide bonds. The van der Waals surface area contributed by atoms with Gasteiger partial charge in [0.25, 0.3) is 0 Å². The summed E-state index contributed by atoms with van der Waals surface area (Å²) in [5.41, 5.74) is 1.53. The van der Waals surface area contributed by atoms with Crippen LogP contribution in [0.1, 0.15) is 18.1 Å². The molecule has 0 radical (unpaired) electrons. The fraction of sp³-hybridized carbons (Fsp3) is 0.182. The molecular formula is C11H11NO3. The third kappa shape index (κ3) is 1.85. The van der Waals surface area contributed by atoms with E-state index in [1.54, 1.807) is 6.20 Å². The van der Waals surface area contributed by atoms with Gasteiger partial charge in [0.15, 0.2) is 0 Å². The van der Waals surface area contributed by atoms with E-state index in [-0.39, 0.29) is 6.42 Å². The van der Waals surface area contributed by atoms with Crippen LogP contribution in [0.5, 0.6) is 0 Å². The number of carbonyl (C=O) groups is 1. The third-order valence-corrected chi connectivity index (χ3v) is 2.35. The second-order valence-corrected chi connectivity index (χ2v) is 3.40. The molecule has 0 aliphatic rings. The molecule has 0 bridgehead atoms. The molecule has 4 heteroatoms. The first-order chi connectivity index (χ1) is 7.18. The molecular weight excluding hydrogens is 194 g/mol. The van der Waals surface area contributed by atoms with Crippen molar-refractivity contribution in [3.63, 3.8) is 0 Å². The molecule has 0 aliphatic heterocycles. The van der Waals surface area contributed by atoms with E-state index >= 15 is 0 Å². The quantitative estimate of drug-likeness (QED) is 0.713. The number of hydrogen-bond acceptors (Lipinski definition) is 2. The molecule has 0 saturated carbocycles. The van der Waals surface area contributed by atoms with Gasteiger partial charge in [0, 0.05) is 22.7 Å². The number of aliphatic hydroxyl groups excluding tert-OH is 1. The number of carboxylic acid groups (broad SMARTS) is 1. The Labute approximate surface area is 86.2 Å². The number of rotatable bonds is 3. The van der Waals surface area contributed by atoms with Gasteiger partial charge in [-0.2, -0.15) is 0 Å². The standard InChI is InChI=1S/C11H11NO3/c13-10(5-11(14)15)8-6-12-9-4-2-1-3-7(8)9/h1-4,6,10,12-13H,5H2,(H,14,15)/t10-/m0/s1. The summed E-state index contributed by atoms with van der Waals surface area (Å²) in [6, 6.07) is 7.47. The Balaban J connectivity index is 2.39. The van der Waals surface area contributed by atoms with E-state index in [1.807, 2.05) is 24.3 Å². The fourth-order valence-corrected chi connectivity index (χ4v) is 1.65. The summed E-state index contributed by atoms with van der Waals surface area (Å²) >= 11 is 0. The second-order valence-electron chi connectivity index (χ2n) is 3.40. The molecule has 1 atom stereocenters. The van der Waals surface area contributed by atoms with Crippen LogP contribution in [0.25, 0.3) is 10.9 Å². The molecule has 78 valence electrons. The highest BCUT2D eigenvalue weighted by atomic mass is 16.4. The Morgan fingerprint density at radius 1 is 1.40 bits per heavy atom. The number of hydrogen-bond donors (Lipinski definition) is 3. The maximum atomic E-state index is 10.5. The highest BCUT2D eigenvalue weighted by Gasteiger charge is 2.15. The normalized spacial score (nSPS) is 12.9. The van der Waals surface area contributed by atoms with Crippen molar-refractivity contribution < 1.29 is 15.0 Å². The number of para-hydroxylation sites is 1. The zero-order valence-electron chi connectivity index (χ0n) is 7.97. The van der Waals surface area contributed by atoms with Crippen LogP contribution in [0.15, 0.2) is 30.5 Å². The summed E-state index contributed by atoms with van der Waals surface area (Å²) in [6.45, 7) is 0. The van der Waals surface area contributed by atoms with Gasteiger partial charge in [-0.25, -0.2) is 0 Å². The number of aliphatic hydroxyl groups is 1. The molecule has 0 spiro atoms. The lowest BCUT2D eigenvalue weighted by atomic mass is 10.1. The maximum Gasteiger partial charge on any atom is 0.306 e. The van der Waals surface area contributed by atoms with Crippen molar-refractivity contribution in [1.82, 2.24) is 4.98 Å². The molecule has 0 saturated heterocycles. The van der Waals surface area contributed by atoms with Gasteiger partial charge < -0.3 is 15.2 Å². The van der Waals surface area contributed by atoms with Crippen LogP contribution >= 0.6 is 0 Å². The summed E-state index contributed by atoms with van der Waals surface area (Å²) in [4.78, 5) is 13.5. The molecule has 4 nitrogen and oxygen atoms in total. The summed E-state index contributed by atoms with van der Waals surface area (Å²) in [5, 5.41) is 19.1. The minimum atomic E-state index is -1.01. The number of carboxylic acids is 1. The molecule has 1 aromatic carbocycles. The van der Waals surface area contributed by atoms with Crippen molar-refractivity contribution in [3.8, 4) is 0 Å². The Morgan fingerprint density at radius 2 is 2.13 bits per heavy atom. The summed E-state index contributed by atoms with van der Waals surface area (Å²) in [6.07, 6.45) is 0.416. The van der Waals surface area contributed by atoms with Crippen LogP contribution < -0.4 is 0 Å². The van der Waals surface area contributed by atoms with E-state index in [2.05, 4.69) is 4.98 Å². The van der Waals surface area contributed by atoms with Crippen molar-refractivity contribution in [1.29, 1.82) is 0 Å². The Hall–Kier alpha value is -1.81. The van der Waals surface area contributed by atoms with Crippen molar-refractivity contribution >= 4 is 16.9 Å². The number of aliphatic carboxylic acids is 1. The summed E-state index contributed by atoms with van der Waals surface area (Å²) in [5.74, 6) is -1.01. The molecule has 0 aliphatic carbocycles. The molecule has 1 aromatic heterocycles. The average Bonchev–Trinajstić information content (AvgIpc) is 2.59. The van der Waals surface area contributed by atoms with Crippen molar-refractivity contribution in [2.75, 3.05) is 0 Å². The number of fused-ring (bicyclic) bond motifs is 1. The largest absolute Gasteiger partial charge is 0.481 e. The fourth-order valence-electron chi connectivity index (χ4n) is 1.65. The summed E-state index contributed by atoms with van der Waals surface area (Å²) in [7, 11) is 0. The zero-order chi connectivity index (χ0) is 10.8. The van der Waals surface area contributed by atoms with Crippen LogP contribution in [-0.2, 0) is 4.79 Å². The minimum absolute atomic E-state index is 0.276. The van der Waals surface area contributed by atoms with Crippen molar-refractivity contribution in [2.24, 2.45) is 0 Å². The lowest BCUT2D eigenvalue weighted by molar-refractivity contribution is -0.139. The van der Waals surface area contributed by atoms with Crippen LogP contribution in [0.4, 0.5) is 0 Å². The van der Waals surface area contributed by atoms with Gasteiger partial charge in [-0.3, -0.25) is 4.79 Å². The molecule has 2 aromatic rings. The van der Waals surface area contributed by atoms with Gasteiger partial charge in [-0.05, 0) is 6.07 Å². The SMILES string of the molecule is O=C(O)C[C@H](O)c1c[nH]c2ccccc12. The van der Waals surface area contributed by atoms with E-state index in [0.29, 0.717) is 5.56 Å². The topological polar surface area (TPSA) is 73.3 Å².